The summed E-state index contributed by atoms with van der Waals surface area (Å²) >= 11 is 0. The Morgan fingerprint density at radius 3 is 2.12 bits per heavy atom. The Morgan fingerprint density at radius 2 is 1.47 bits per heavy atom. The molecule has 1 aliphatic rings. The Bertz CT molecular complexity index is 297. The summed E-state index contributed by atoms with van der Waals surface area (Å²) in [5.41, 5.74) is 3.55. The topological polar surface area (TPSA) is 0 Å². The SMILES string of the molecule is CC.CC.CC1(C)CCCCc2ccccc21. The molecule has 1 aliphatic carbocycles. The third-order valence-electron chi connectivity index (χ3n) is 3.24. The minimum atomic E-state index is 0.396. The molecule has 0 nitrogen and oxygen atoms in total. The van der Waals surface area contributed by atoms with Crippen molar-refractivity contribution in [1.82, 2.24) is 0 Å². The van der Waals surface area contributed by atoms with E-state index in [1.807, 2.05) is 27.7 Å². The Kier molecular flexibility index (Phi) is 7.95. The first-order chi connectivity index (χ1) is 8.20. The molecule has 0 saturated heterocycles. The molecule has 0 radical (unpaired) electrons. The van der Waals surface area contributed by atoms with E-state index in [0.717, 1.165) is 0 Å². The number of rotatable bonds is 0. The molecule has 1 aromatic carbocycles. The Labute approximate surface area is 108 Å². The van der Waals surface area contributed by atoms with Crippen LogP contribution in [0.3, 0.4) is 0 Å². The summed E-state index contributed by atoms with van der Waals surface area (Å²) in [6.45, 7) is 12.7. The van der Waals surface area contributed by atoms with Crippen molar-refractivity contribution in [2.24, 2.45) is 0 Å². The van der Waals surface area contributed by atoms with Gasteiger partial charge in [-0.05, 0) is 35.8 Å². The zero-order valence-corrected chi connectivity index (χ0v) is 12.6. The van der Waals surface area contributed by atoms with E-state index in [9.17, 15) is 0 Å². The van der Waals surface area contributed by atoms with Crippen LogP contribution in [-0.2, 0) is 11.8 Å². The van der Waals surface area contributed by atoms with E-state index in [1.54, 1.807) is 11.1 Å². The molecular formula is C17H30. The lowest BCUT2D eigenvalue weighted by molar-refractivity contribution is 0.468. The molecule has 0 atom stereocenters. The largest absolute Gasteiger partial charge is 0.0683 e. The first-order valence-electron chi connectivity index (χ1n) is 7.28. The predicted molar refractivity (Wildman–Crippen MR) is 79.7 cm³/mol. The maximum atomic E-state index is 2.37. The smallest absolute Gasteiger partial charge is 0.0101 e. The first-order valence-corrected chi connectivity index (χ1v) is 7.28. The van der Waals surface area contributed by atoms with Crippen molar-refractivity contribution in [1.29, 1.82) is 0 Å². The highest BCUT2D eigenvalue weighted by atomic mass is 14.3. The molecule has 0 heteroatoms. The maximum absolute atomic E-state index is 2.37. The molecule has 1 aromatic rings. The van der Waals surface area contributed by atoms with E-state index in [-0.39, 0.29) is 0 Å². The second-order valence-corrected chi connectivity index (χ2v) is 4.75. The van der Waals surface area contributed by atoms with Crippen LogP contribution in [0.25, 0.3) is 0 Å². The average molecular weight is 234 g/mol. The van der Waals surface area contributed by atoms with Crippen LogP contribution in [0.1, 0.15) is 71.9 Å². The summed E-state index contributed by atoms with van der Waals surface area (Å²) in [6.07, 6.45) is 5.35. The first kappa shape index (κ1) is 16.2. The molecule has 0 bridgehead atoms. The van der Waals surface area contributed by atoms with E-state index in [1.165, 1.54) is 25.7 Å². The molecule has 0 unspecified atom stereocenters. The van der Waals surface area contributed by atoms with Gasteiger partial charge in [0.05, 0.1) is 0 Å². The van der Waals surface area contributed by atoms with Crippen LogP contribution in [-0.4, -0.2) is 0 Å². The molecule has 2 rings (SSSR count). The number of fused-ring (bicyclic) bond motifs is 1. The van der Waals surface area contributed by atoms with Crippen LogP contribution in [0.15, 0.2) is 24.3 Å². The normalized spacial score (nSPS) is 16.4. The van der Waals surface area contributed by atoms with Crippen molar-refractivity contribution in [2.45, 2.75) is 72.6 Å². The molecule has 0 amide bonds. The number of hydrogen-bond acceptors (Lipinski definition) is 0. The fourth-order valence-electron chi connectivity index (χ4n) is 2.42. The molecule has 0 saturated carbocycles. The second kappa shape index (κ2) is 8.33. The van der Waals surface area contributed by atoms with Crippen LogP contribution in [0.4, 0.5) is 0 Å². The lowest BCUT2D eigenvalue weighted by Gasteiger charge is -2.25. The van der Waals surface area contributed by atoms with Crippen LogP contribution in [0.5, 0.6) is 0 Å². The highest BCUT2D eigenvalue weighted by Gasteiger charge is 2.24. The number of aryl methyl sites for hydroxylation is 1. The third-order valence-corrected chi connectivity index (χ3v) is 3.24. The van der Waals surface area contributed by atoms with Gasteiger partial charge >= 0.3 is 0 Å². The molecule has 0 aromatic heterocycles. The lowest BCUT2D eigenvalue weighted by atomic mass is 9.80. The van der Waals surface area contributed by atoms with Gasteiger partial charge in [0, 0.05) is 0 Å². The minimum absolute atomic E-state index is 0.396. The highest BCUT2D eigenvalue weighted by molar-refractivity contribution is 5.34. The quantitative estimate of drug-likeness (QED) is 0.502. The maximum Gasteiger partial charge on any atom is -0.0101 e. The van der Waals surface area contributed by atoms with Gasteiger partial charge in [-0.3, -0.25) is 0 Å². The molecule has 0 N–H and O–H groups in total. The molecule has 0 heterocycles. The monoisotopic (exact) mass is 234 g/mol. The Morgan fingerprint density at radius 1 is 0.882 bits per heavy atom. The van der Waals surface area contributed by atoms with Gasteiger partial charge in [-0.15, -0.1) is 0 Å². The van der Waals surface area contributed by atoms with Crippen molar-refractivity contribution >= 4 is 0 Å². The molecule has 0 aliphatic heterocycles. The van der Waals surface area contributed by atoms with Gasteiger partial charge in [-0.25, -0.2) is 0 Å². The van der Waals surface area contributed by atoms with E-state index >= 15 is 0 Å². The van der Waals surface area contributed by atoms with Gasteiger partial charge < -0.3 is 0 Å². The summed E-state index contributed by atoms with van der Waals surface area (Å²) in [4.78, 5) is 0. The summed E-state index contributed by atoms with van der Waals surface area (Å²) in [5.74, 6) is 0. The molecule has 98 valence electrons. The average Bonchev–Trinajstić information content (AvgIpc) is 2.54. The van der Waals surface area contributed by atoms with Gasteiger partial charge in [0.15, 0.2) is 0 Å². The van der Waals surface area contributed by atoms with Crippen molar-refractivity contribution in [3.05, 3.63) is 35.4 Å². The van der Waals surface area contributed by atoms with E-state index in [2.05, 4.69) is 38.1 Å². The van der Waals surface area contributed by atoms with Gasteiger partial charge in [0.1, 0.15) is 0 Å². The summed E-state index contributed by atoms with van der Waals surface area (Å²) < 4.78 is 0. The fraction of sp³-hybridized carbons (Fsp3) is 0.647. The molecule has 0 fully saturated rings. The highest BCUT2D eigenvalue weighted by Crippen LogP contribution is 2.35. The van der Waals surface area contributed by atoms with Crippen LogP contribution in [0.2, 0.25) is 0 Å². The Balaban J connectivity index is 0.000000581. The van der Waals surface area contributed by atoms with Crippen molar-refractivity contribution in [3.63, 3.8) is 0 Å². The zero-order valence-electron chi connectivity index (χ0n) is 12.6. The van der Waals surface area contributed by atoms with Gasteiger partial charge in [0.25, 0.3) is 0 Å². The molecule has 0 spiro atoms. The van der Waals surface area contributed by atoms with E-state index < -0.39 is 0 Å². The van der Waals surface area contributed by atoms with Gasteiger partial charge in [0.2, 0.25) is 0 Å². The second-order valence-electron chi connectivity index (χ2n) is 4.75. The van der Waals surface area contributed by atoms with Crippen LogP contribution in [0, 0.1) is 0 Å². The lowest BCUT2D eigenvalue weighted by Crippen LogP contribution is -2.16. The molecular weight excluding hydrogens is 204 g/mol. The summed E-state index contributed by atoms with van der Waals surface area (Å²) in [6, 6.07) is 8.94. The minimum Gasteiger partial charge on any atom is -0.0683 e. The fourth-order valence-corrected chi connectivity index (χ4v) is 2.42. The number of hydrogen-bond donors (Lipinski definition) is 0. The predicted octanol–water partition coefficient (Wildman–Crippen LogP) is 5.74. The van der Waals surface area contributed by atoms with Gasteiger partial charge in [-0.1, -0.05) is 72.2 Å². The van der Waals surface area contributed by atoms with E-state index in [4.69, 9.17) is 0 Å². The van der Waals surface area contributed by atoms with Crippen LogP contribution >= 0.6 is 0 Å². The van der Waals surface area contributed by atoms with Crippen molar-refractivity contribution < 1.29 is 0 Å². The van der Waals surface area contributed by atoms with Crippen LogP contribution < -0.4 is 0 Å². The Hall–Kier alpha value is -0.780. The number of benzene rings is 1. The standard InChI is InChI=1S/C13H18.2C2H6/c1-13(2)10-6-5-8-11-7-3-4-9-12(11)13;2*1-2/h3-4,7,9H,5-6,8,10H2,1-2H3;2*1-2H3. The summed E-state index contributed by atoms with van der Waals surface area (Å²) in [5, 5.41) is 0. The van der Waals surface area contributed by atoms with Crippen molar-refractivity contribution in [3.8, 4) is 0 Å². The van der Waals surface area contributed by atoms with Crippen molar-refractivity contribution in [2.75, 3.05) is 0 Å². The third kappa shape index (κ3) is 4.53. The van der Waals surface area contributed by atoms with E-state index in [0.29, 0.717) is 5.41 Å². The molecule has 17 heavy (non-hydrogen) atoms. The summed E-state index contributed by atoms with van der Waals surface area (Å²) in [7, 11) is 0. The zero-order chi connectivity index (χ0) is 13.3. The van der Waals surface area contributed by atoms with Gasteiger partial charge in [-0.2, -0.15) is 0 Å².